The van der Waals surface area contributed by atoms with Gasteiger partial charge < -0.3 is 39.8 Å². The van der Waals surface area contributed by atoms with Gasteiger partial charge in [-0.25, -0.2) is 23.8 Å². The number of nitrogens with zero attached hydrogens (tertiary/aromatic N) is 4. The molecule has 1 saturated carbocycles. The molecule has 3 aliphatic heterocycles. The summed E-state index contributed by atoms with van der Waals surface area (Å²) >= 11 is 9.52. The highest BCUT2D eigenvalue weighted by molar-refractivity contribution is 8.00. The number of aromatic nitrogens is 1. The van der Waals surface area contributed by atoms with E-state index in [-0.39, 0.29) is 71.7 Å². The molecule has 3 atom stereocenters. The number of thiophene rings is 1. The van der Waals surface area contributed by atoms with Gasteiger partial charge in [0.2, 0.25) is 17.2 Å². The van der Waals surface area contributed by atoms with Crippen LogP contribution in [0, 0.1) is 5.82 Å². The second kappa shape index (κ2) is 22.5. The predicted octanol–water partition coefficient (Wildman–Crippen LogP) is 6.49. The first kappa shape index (κ1) is 50.7. The van der Waals surface area contributed by atoms with Gasteiger partial charge in [-0.05, 0) is 62.5 Å². The van der Waals surface area contributed by atoms with Crippen LogP contribution in [0.3, 0.4) is 0 Å². The fraction of sp³-hybridized carbons (Fsp3) is 0.543. The van der Waals surface area contributed by atoms with Gasteiger partial charge in [0.25, 0.3) is 11.6 Å². The molecule has 4 amide bonds. The average molecular weight is 1000 g/mol. The number of nitrogens with one attached hydrogen (secondary N) is 1. The Hall–Kier alpha value is -5.22. The third-order valence-corrected chi connectivity index (χ3v) is 15.3. The average Bonchev–Trinajstić information content (AvgIpc) is 4.09. The van der Waals surface area contributed by atoms with Crippen molar-refractivity contribution in [1.29, 1.82) is 0 Å². The number of β-lactam (4-membered cyclic amide) rings is 1. The Kier molecular flexibility index (Phi) is 16.7. The third-order valence-electron chi connectivity index (χ3n) is 12.7. The van der Waals surface area contributed by atoms with Crippen LogP contribution in [-0.2, 0) is 39.8 Å². The van der Waals surface area contributed by atoms with E-state index in [1.165, 1.54) is 41.3 Å². The lowest BCUT2D eigenvalue weighted by Crippen LogP contribution is -2.80. The molecule has 18 nitrogen and oxygen atoms in total. The molecule has 0 bridgehead atoms. The molecular weight excluding hydrogens is 947 g/mol. The fourth-order valence-electron chi connectivity index (χ4n) is 9.05. The first-order valence-corrected chi connectivity index (χ1v) is 25.2. The van der Waals surface area contributed by atoms with E-state index in [2.05, 4.69) is 5.32 Å². The number of methoxy groups -OCH3 is 1. The number of halogens is 2. The van der Waals surface area contributed by atoms with Gasteiger partial charge >= 0.3 is 18.0 Å². The van der Waals surface area contributed by atoms with E-state index >= 15 is 4.39 Å². The van der Waals surface area contributed by atoms with Crippen LogP contribution in [-0.4, -0.2) is 117 Å². The molecule has 22 heteroatoms. The minimum atomic E-state index is -1.70. The van der Waals surface area contributed by atoms with E-state index in [9.17, 15) is 43.9 Å². The lowest BCUT2D eigenvalue weighted by molar-refractivity contribution is -0.193. The number of benzene rings is 1. The number of hydrogen-bond acceptors (Lipinski definition) is 14. The van der Waals surface area contributed by atoms with Crippen LogP contribution in [0.15, 0.2) is 45.8 Å². The minimum absolute atomic E-state index is 0.00868. The zero-order valence-corrected chi connectivity index (χ0v) is 40.1. The van der Waals surface area contributed by atoms with Crippen molar-refractivity contribution >= 4 is 87.0 Å². The summed E-state index contributed by atoms with van der Waals surface area (Å²) in [5.41, 5.74) is 2.81. The van der Waals surface area contributed by atoms with Crippen molar-refractivity contribution in [3.8, 4) is 0 Å². The predicted molar refractivity (Wildman–Crippen MR) is 251 cm³/mol. The van der Waals surface area contributed by atoms with Gasteiger partial charge in [0.05, 0.1) is 40.7 Å². The Morgan fingerprint density at radius 3 is 2.41 bits per heavy atom. The number of unbranched alkanes of at least 4 members (excludes halogenated alkanes) is 7. The van der Waals surface area contributed by atoms with Crippen LogP contribution in [0.1, 0.15) is 111 Å². The zero-order valence-electron chi connectivity index (χ0n) is 37.7. The molecule has 0 spiro atoms. The molecule has 4 aliphatic rings. The second-order valence-corrected chi connectivity index (χ2v) is 19.9. The maximum absolute atomic E-state index is 15.9. The Morgan fingerprint density at radius 1 is 1.03 bits per heavy atom. The number of amides is 4. The van der Waals surface area contributed by atoms with Crippen LogP contribution in [0.25, 0.3) is 10.9 Å². The molecule has 7 rings (SSSR count). The van der Waals surface area contributed by atoms with Gasteiger partial charge in [0.1, 0.15) is 29.1 Å². The maximum atomic E-state index is 15.9. The number of nitrogens with two attached hydrogens (primary N) is 1. The van der Waals surface area contributed by atoms with Crippen molar-refractivity contribution in [2.45, 2.75) is 119 Å². The standard InChI is InChI=1S/C46H56ClFN6O12S2/c1-64-46(50-34(55)21-30-14-12-20-67-30)43(61)53-37(27(25-66-45(49)62)26-68-44(46)53)42(60)65-19-11-7-5-3-2-4-6-8-15-35(56)54(63)29-13-9-10-18-51(23-29)39-33(48)22-31-38(36(39)47)52(28-16-17-28)24-32(40(31)57)41(58)59/h12,14,20,22,24,28-29,44,63H,2-11,13,15-19,21,23,25-26H2,1H3,(H2,49,62)(H,50,55)(H,58,59)/t29?,44?,46-/m0/s1. The number of ether oxygens (including phenoxy) is 3. The Bertz CT molecular complexity index is 2500. The first-order chi connectivity index (χ1) is 32.7. The quantitative estimate of drug-likeness (QED) is 0.0210. The van der Waals surface area contributed by atoms with Crippen LogP contribution < -0.4 is 21.4 Å². The minimum Gasteiger partial charge on any atom is -0.477 e. The summed E-state index contributed by atoms with van der Waals surface area (Å²) in [5.74, 6) is -4.27. The molecule has 5 N–H and O–H groups in total. The number of carbonyl (C=O) groups excluding carboxylic acids is 5. The van der Waals surface area contributed by atoms with Gasteiger partial charge in [0, 0.05) is 55.1 Å². The SMILES string of the molecule is CO[C@@]1(NC(=O)Cc2cccs2)C(=O)N2C(C(=O)OCCCCCCCCCCC(=O)N(O)C3CCCCN(c4c(F)cc5c(=O)c(C(=O)O)cn(C6CC6)c5c4Cl)C3)=C(COC(N)=O)CSC21. The van der Waals surface area contributed by atoms with Crippen molar-refractivity contribution in [3.63, 3.8) is 0 Å². The number of pyridine rings is 1. The van der Waals surface area contributed by atoms with E-state index < -0.39 is 69.7 Å². The van der Waals surface area contributed by atoms with Gasteiger partial charge in [-0.15, -0.1) is 23.1 Å². The number of carboxylic acids is 1. The Morgan fingerprint density at radius 2 is 1.75 bits per heavy atom. The summed E-state index contributed by atoms with van der Waals surface area (Å²) < 4.78 is 33.7. The molecule has 2 saturated heterocycles. The molecule has 3 aromatic rings. The van der Waals surface area contributed by atoms with Crippen LogP contribution in [0.2, 0.25) is 5.02 Å². The van der Waals surface area contributed by atoms with E-state index in [1.807, 2.05) is 17.5 Å². The molecule has 2 aromatic heterocycles. The lowest BCUT2D eigenvalue weighted by atomic mass is 9.98. The number of fused-ring (bicyclic) bond motifs is 2. The molecule has 1 aromatic carbocycles. The van der Waals surface area contributed by atoms with Crippen molar-refractivity contribution in [2.24, 2.45) is 5.73 Å². The monoisotopic (exact) mass is 1000 g/mol. The number of thioether (sulfide) groups is 1. The molecular formula is C46H56ClFN6O12S2. The van der Waals surface area contributed by atoms with Gasteiger partial charge in [-0.2, -0.15) is 0 Å². The Labute approximate surface area is 404 Å². The highest BCUT2D eigenvalue weighted by Crippen LogP contribution is 2.47. The summed E-state index contributed by atoms with van der Waals surface area (Å²) in [5, 5.41) is 25.1. The summed E-state index contributed by atoms with van der Waals surface area (Å²) in [6.45, 7) is 0.274. The summed E-state index contributed by atoms with van der Waals surface area (Å²) in [6.07, 6.45) is 10.0. The topological polar surface area (TPSA) is 240 Å². The Balaban J connectivity index is 0.826. The largest absolute Gasteiger partial charge is 0.477 e. The number of aromatic carboxylic acids is 1. The summed E-state index contributed by atoms with van der Waals surface area (Å²) in [6, 6.07) is 3.98. The number of anilines is 1. The van der Waals surface area contributed by atoms with Crippen LogP contribution >= 0.6 is 34.7 Å². The van der Waals surface area contributed by atoms with Crippen LogP contribution in [0.5, 0.6) is 0 Å². The van der Waals surface area contributed by atoms with E-state index in [4.69, 9.17) is 31.5 Å². The van der Waals surface area contributed by atoms with Crippen molar-refractivity contribution in [2.75, 3.05) is 44.1 Å². The smallest absolute Gasteiger partial charge is 0.404 e. The van der Waals surface area contributed by atoms with Gasteiger partial charge in [-0.1, -0.05) is 56.2 Å². The lowest BCUT2D eigenvalue weighted by Gasteiger charge is -2.55. The van der Waals surface area contributed by atoms with Crippen molar-refractivity contribution in [3.05, 3.63) is 72.5 Å². The number of esters is 1. The number of rotatable bonds is 22. The maximum Gasteiger partial charge on any atom is 0.404 e. The molecule has 0 radical (unpaired) electrons. The molecule has 3 fully saturated rings. The second-order valence-electron chi connectivity index (χ2n) is 17.4. The molecule has 1 aliphatic carbocycles. The fourth-order valence-corrected chi connectivity index (χ4v) is 11.6. The van der Waals surface area contributed by atoms with Crippen LogP contribution in [0.4, 0.5) is 14.9 Å². The summed E-state index contributed by atoms with van der Waals surface area (Å²) in [4.78, 5) is 93.2. The van der Waals surface area contributed by atoms with E-state index in [1.54, 1.807) is 9.47 Å². The number of hydrogen-bond donors (Lipinski definition) is 4. The van der Waals surface area contributed by atoms with Gasteiger partial charge in [-0.3, -0.25) is 29.3 Å². The molecule has 5 heterocycles. The zero-order chi connectivity index (χ0) is 48.7. The van der Waals surface area contributed by atoms with Gasteiger partial charge in [0.15, 0.2) is 0 Å². The normalized spacial score (nSPS) is 20.4. The number of primary amides is 1. The molecule has 68 heavy (non-hydrogen) atoms. The molecule has 368 valence electrons. The van der Waals surface area contributed by atoms with E-state index in [0.717, 1.165) is 67.4 Å². The highest BCUT2D eigenvalue weighted by Gasteiger charge is 2.66. The summed E-state index contributed by atoms with van der Waals surface area (Å²) in [7, 11) is 1.31. The van der Waals surface area contributed by atoms with Crippen molar-refractivity contribution < 1.29 is 57.7 Å². The first-order valence-electron chi connectivity index (χ1n) is 22.9. The number of carbonyl (C=O) groups is 6. The third kappa shape index (κ3) is 11.1. The highest BCUT2D eigenvalue weighted by atomic mass is 35.5. The van der Waals surface area contributed by atoms with E-state index in [0.29, 0.717) is 44.2 Å². The number of hydroxylamine groups is 2. The van der Waals surface area contributed by atoms with Crippen molar-refractivity contribution in [1.82, 2.24) is 19.8 Å². The molecule has 2 unspecified atom stereocenters. The number of carboxylic acid groups (broad SMARTS) is 1.